The second-order valence-electron chi connectivity index (χ2n) is 1.10. The molecule has 0 atom stereocenters. The Labute approximate surface area is 40.6 Å². The highest BCUT2D eigenvalue weighted by molar-refractivity contribution is 7.13. The Morgan fingerprint density at radius 2 is 3.00 bits per heavy atom. The molecule has 0 aromatic carbocycles. The Bertz CT molecular complexity index is 205. The molecular weight excluding hydrogens is 96.1 g/mol. The smallest absolute Gasteiger partial charge is 0.223 e. The molecule has 0 saturated carbocycles. The first kappa shape index (κ1) is 1.98. The number of hydrogen-bond acceptors (Lipinski definition) is 2. The number of hydrogen-bond donors (Lipinski definition) is 0. The van der Waals surface area contributed by atoms with Crippen LogP contribution in [0.1, 0.15) is 1.37 Å². The van der Waals surface area contributed by atoms with Gasteiger partial charge in [0, 0.05) is 0 Å². The molecule has 0 N–H and O–H groups in total. The molecule has 0 amide bonds. The first-order valence-corrected chi connectivity index (χ1v) is 2.52. The fourth-order valence-corrected chi connectivity index (χ4v) is 0.940. The molecule has 2 heterocycles. The van der Waals surface area contributed by atoms with Gasteiger partial charge in [0.2, 0.25) is 5.06 Å². The van der Waals surface area contributed by atoms with Crippen molar-refractivity contribution in [2.24, 2.45) is 0 Å². The molecule has 0 bridgehead atoms. The van der Waals surface area contributed by atoms with Gasteiger partial charge in [-0.05, 0) is 11.4 Å². The van der Waals surface area contributed by atoms with E-state index < -0.39 is 0 Å². The van der Waals surface area contributed by atoms with Gasteiger partial charge in [-0.3, -0.25) is 0 Å². The van der Waals surface area contributed by atoms with Crippen molar-refractivity contribution < 1.29 is 6.11 Å². The van der Waals surface area contributed by atoms with Crippen molar-refractivity contribution in [3.8, 4) is 10.8 Å². The lowest BCUT2D eigenvalue weighted by molar-refractivity contribution is 0.656. The maximum absolute atomic E-state index is 7.04. The van der Waals surface area contributed by atoms with Crippen molar-refractivity contribution in [3.05, 3.63) is 11.4 Å². The van der Waals surface area contributed by atoms with Gasteiger partial charge in [0.1, 0.15) is 0 Å². The Kier molecular flexibility index (Phi) is 0.202. The lowest BCUT2D eigenvalue weighted by atomic mass is 10.7. The van der Waals surface area contributed by atoms with Crippen LogP contribution in [0.5, 0.6) is 10.8 Å². The molecule has 0 aliphatic carbocycles. The minimum Gasteiger partial charge on any atom is -0.438 e. The standard InChI is InChI=1S/C4H2OS/c1-2-6-4-3(1)5-4/h1-2H/i1D. The molecule has 2 heteroatoms. The summed E-state index contributed by atoms with van der Waals surface area (Å²) in [5.74, 6) is 0.782. The summed E-state index contributed by atoms with van der Waals surface area (Å²) in [6.45, 7) is 0. The number of thiophene rings is 1. The topological polar surface area (TPSA) is 12.5 Å². The zero-order chi connectivity index (χ0) is 4.85. The Hall–Kier alpha value is -0.500. The average molecular weight is 99.1 g/mol. The lowest BCUT2D eigenvalue weighted by Gasteiger charge is -1.61. The molecule has 2 rings (SSSR count). The van der Waals surface area contributed by atoms with E-state index in [2.05, 4.69) is 0 Å². The molecule has 1 aliphatic rings. The van der Waals surface area contributed by atoms with Crippen LogP contribution in [-0.4, -0.2) is 0 Å². The third kappa shape index (κ3) is 0.165. The molecule has 6 heavy (non-hydrogen) atoms. The van der Waals surface area contributed by atoms with Crippen LogP contribution >= 0.6 is 11.3 Å². The Morgan fingerprint density at radius 3 is 3.17 bits per heavy atom. The highest BCUT2D eigenvalue weighted by Crippen LogP contribution is 2.49. The minimum atomic E-state index is 0.528. The zero-order valence-electron chi connectivity index (χ0n) is 3.89. The third-order valence-corrected chi connectivity index (χ3v) is 1.41. The van der Waals surface area contributed by atoms with E-state index >= 15 is 0 Å². The fourth-order valence-electron chi connectivity index (χ4n) is 0.370. The van der Waals surface area contributed by atoms with Crippen molar-refractivity contribution in [1.29, 1.82) is 0 Å². The quantitative estimate of drug-likeness (QED) is 0.459. The predicted octanol–water partition coefficient (Wildman–Crippen LogP) is 1.85. The summed E-state index contributed by atoms with van der Waals surface area (Å²) >= 11 is 1.49. The average Bonchev–Trinajstić information content (AvgIpc) is 2.33. The van der Waals surface area contributed by atoms with E-state index in [9.17, 15) is 0 Å². The van der Waals surface area contributed by atoms with E-state index in [4.69, 9.17) is 6.11 Å². The predicted molar refractivity (Wildman–Crippen MR) is 24.4 cm³/mol. The third-order valence-electron chi connectivity index (χ3n) is 0.694. The summed E-state index contributed by atoms with van der Waals surface area (Å²) in [5, 5.41) is 2.69. The second kappa shape index (κ2) is 0.611. The second-order valence-corrected chi connectivity index (χ2v) is 1.94. The summed E-state index contributed by atoms with van der Waals surface area (Å²) in [7, 11) is 0. The van der Waals surface area contributed by atoms with Crippen LogP contribution < -0.4 is 4.74 Å². The van der Waals surface area contributed by atoms with Crippen LogP contribution in [0.25, 0.3) is 0 Å². The SMILES string of the molecule is [2H]c1csc2c1O2. The van der Waals surface area contributed by atoms with Crippen LogP contribution in [0.2, 0.25) is 0 Å². The normalized spacial score (nSPS) is 15.0. The lowest BCUT2D eigenvalue weighted by Crippen LogP contribution is -1.41. The molecule has 1 aromatic heterocycles. The summed E-state index contributed by atoms with van der Waals surface area (Å²) in [6, 6.07) is 0.528. The fraction of sp³-hybridized carbons (Fsp3) is 0. The monoisotopic (exact) mass is 99.0 g/mol. The summed E-state index contributed by atoms with van der Waals surface area (Å²) in [4.78, 5) is 0. The molecule has 0 spiro atoms. The highest BCUT2D eigenvalue weighted by Gasteiger charge is 2.19. The molecule has 0 fully saturated rings. The van der Waals surface area contributed by atoms with Crippen molar-refractivity contribution in [3.63, 3.8) is 0 Å². The Morgan fingerprint density at radius 1 is 2.00 bits per heavy atom. The number of fused-ring (bicyclic) bond motifs is 1. The van der Waals surface area contributed by atoms with Crippen molar-refractivity contribution in [1.82, 2.24) is 0 Å². The Balaban J connectivity index is 2.76. The van der Waals surface area contributed by atoms with Crippen molar-refractivity contribution in [2.45, 2.75) is 0 Å². The van der Waals surface area contributed by atoms with Gasteiger partial charge >= 0.3 is 0 Å². The van der Waals surface area contributed by atoms with Gasteiger partial charge in [-0.1, -0.05) is 0 Å². The van der Waals surface area contributed by atoms with E-state index in [0.29, 0.717) is 6.04 Å². The molecule has 30 valence electrons. The van der Waals surface area contributed by atoms with Crippen LogP contribution in [0, 0.1) is 0 Å². The first-order chi connectivity index (χ1) is 3.38. The van der Waals surface area contributed by atoms with Crippen LogP contribution in [0.4, 0.5) is 0 Å². The van der Waals surface area contributed by atoms with Crippen molar-refractivity contribution in [2.75, 3.05) is 0 Å². The van der Waals surface area contributed by atoms with Crippen LogP contribution in [-0.2, 0) is 0 Å². The summed E-state index contributed by atoms with van der Waals surface area (Å²) in [6.07, 6.45) is 0. The molecule has 0 radical (unpaired) electrons. The van der Waals surface area contributed by atoms with Gasteiger partial charge in [0.15, 0.2) is 5.75 Å². The van der Waals surface area contributed by atoms with E-state index in [1.54, 1.807) is 5.38 Å². The molecule has 0 saturated heterocycles. The molecule has 1 nitrogen and oxygen atoms in total. The minimum absolute atomic E-state index is 0.528. The number of rotatable bonds is 0. The molecule has 0 unspecified atom stereocenters. The van der Waals surface area contributed by atoms with Crippen LogP contribution in [0.3, 0.4) is 0 Å². The van der Waals surface area contributed by atoms with E-state index in [0.717, 1.165) is 10.8 Å². The highest BCUT2D eigenvalue weighted by atomic mass is 32.1. The van der Waals surface area contributed by atoms with Gasteiger partial charge in [0.05, 0.1) is 1.37 Å². The summed E-state index contributed by atoms with van der Waals surface area (Å²) < 4.78 is 11.8. The van der Waals surface area contributed by atoms with Gasteiger partial charge in [-0.25, -0.2) is 0 Å². The van der Waals surface area contributed by atoms with E-state index in [1.807, 2.05) is 0 Å². The van der Waals surface area contributed by atoms with Gasteiger partial charge in [-0.2, -0.15) is 0 Å². The van der Waals surface area contributed by atoms with Gasteiger partial charge in [0.25, 0.3) is 0 Å². The molecule has 1 aliphatic heterocycles. The first-order valence-electron chi connectivity index (χ1n) is 2.14. The maximum atomic E-state index is 7.04. The maximum Gasteiger partial charge on any atom is 0.223 e. The van der Waals surface area contributed by atoms with E-state index in [-0.39, 0.29) is 0 Å². The van der Waals surface area contributed by atoms with E-state index in [1.165, 1.54) is 11.3 Å². The summed E-state index contributed by atoms with van der Waals surface area (Å²) in [5.41, 5.74) is 0. The molecular formula is C4H2OS. The van der Waals surface area contributed by atoms with Gasteiger partial charge in [-0.15, -0.1) is 11.3 Å². The van der Waals surface area contributed by atoms with Crippen LogP contribution in [0.15, 0.2) is 11.4 Å². The zero-order valence-corrected chi connectivity index (χ0v) is 3.71. The molecule has 1 aromatic rings. The largest absolute Gasteiger partial charge is 0.438 e. The van der Waals surface area contributed by atoms with Crippen molar-refractivity contribution >= 4 is 11.3 Å². The number of ether oxygens (including phenoxy) is 1. The van der Waals surface area contributed by atoms with Gasteiger partial charge < -0.3 is 4.74 Å².